The van der Waals surface area contributed by atoms with Gasteiger partial charge in [-0.2, -0.15) is 0 Å². The van der Waals surface area contributed by atoms with Gasteiger partial charge < -0.3 is 10.5 Å². The van der Waals surface area contributed by atoms with Crippen LogP contribution in [-0.4, -0.2) is 17.1 Å². The molecule has 0 aliphatic carbocycles. The van der Waals surface area contributed by atoms with Crippen molar-refractivity contribution in [2.45, 2.75) is 38.9 Å². The quantitative estimate of drug-likeness (QED) is 0.811. The fraction of sp³-hybridized carbons (Fsp3) is 0.583. The molecule has 2 heterocycles. The third-order valence-corrected chi connectivity index (χ3v) is 2.53. The van der Waals surface area contributed by atoms with Gasteiger partial charge in [0.1, 0.15) is 0 Å². The van der Waals surface area contributed by atoms with Crippen LogP contribution in [0.15, 0.2) is 24.5 Å². The molecule has 0 amide bonds. The first-order valence-electron chi connectivity index (χ1n) is 5.51. The zero-order valence-electron chi connectivity index (χ0n) is 9.73. The number of hydrogen-bond acceptors (Lipinski definition) is 3. The number of rotatable bonds is 2. The Morgan fingerprint density at radius 3 is 2.73 bits per heavy atom. The van der Waals surface area contributed by atoms with Crippen molar-refractivity contribution in [3.63, 3.8) is 0 Å². The summed E-state index contributed by atoms with van der Waals surface area (Å²) in [6, 6.07) is 3.96. The Kier molecular flexibility index (Phi) is 4.24. The molecule has 0 aromatic carbocycles. The predicted octanol–water partition coefficient (Wildman–Crippen LogP) is 2.29. The summed E-state index contributed by atoms with van der Waals surface area (Å²) < 4.78 is 5.70. The molecule has 1 fully saturated rings. The summed E-state index contributed by atoms with van der Waals surface area (Å²) in [5.41, 5.74) is 6.60. The first-order valence-corrected chi connectivity index (χ1v) is 5.51. The summed E-state index contributed by atoms with van der Waals surface area (Å²) in [4.78, 5) is 4.05. The lowest BCUT2D eigenvalue weighted by Gasteiger charge is -2.44. The van der Waals surface area contributed by atoms with Gasteiger partial charge in [0.2, 0.25) is 0 Å². The van der Waals surface area contributed by atoms with E-state index in [0.717, 1.165) is 12.0 Å². The van der Waals surface area contributed by atoms with Crippen LogP contribution in [0.3, 0.4) is 0 Å². The molecule has 1 aliphatic rings. The zero-order chi connectivity index (χ0) is 11.3. The Balaban J connectivity index is 0.000000531. The van der Waals surface area contributed by atoms with Gasteiger partial charge in [0.05, 0.1) is 11.7 Å². The first kappa shape index (κ1) is 12.1. The van der Waals surface area contributed by atoms with Crippen LogP contribution in [0.5, 0.6) is 0 Å². The van der Waals surface area contributed by atoms with E-state index in [0.29, 0.717) is 6.54 Å². The summed E-state index contributed by atoms with van der Waals surface area (Å²) in [7, 11) is 0. The molecular formula is C12H20N2O. The Bertz CT molecular complexity index is 281. The fourth-order valence-electron chi connectivity index (χ4n) is 1.61. The Morgan fingerprint density at radius 1 is 1.60 bits per heavy atom. The van der Waals surface area contributed by atoms with E-state index in [-0.39, 0.29) is 11.7 Å². The van der Waals surface area contributed by atoms with E-state index in [9.17, 15) is 0 Å². The van der Waals surface area contributed by atoms with Crippen molar-refractivity contribution in [2.24, 2.45) is 5.73 Å². The summed E-state index contributed by atoms with van der Waals surface area (Å²) >= 11 is 0. The summed E-state index contributed by atoms with van der Waals surface area (Å²) in [6.07, 6.45) is 4.81. The van der Waals surface area contributed by atoms with Crippen molar-refractivity contribution < 1.29 is 4.74 Å². The zero-order valence-corrected chi connectivity index (χ0v) is 9.73. The average molecular weight is 208 g/mol. The highest BCUT2D eigenvalue weighted by Gasteiger charge is 2.40. The van der Waals surface area contributed by atoms with Crippen molar-refractivity contribution in [3.8, 4) is 0 Å². The number of hydrogen-bond donors (Lipinski definition) is 1. The van der Waals surface area contributed by atoms with Crippen LogP contribution < -0.4 is 5.73 Å². The average Bonchev–Trinajstić information content (AvgIpc) is 2.29. The van der Waals surface area contributed by atoms with Crippen molar-refractivity contribution in [1.29, 1.82) is 0 Å². The second-order valence-electron chi connectivity index (χ2n) is 3.75. The van der Waals surface area contributed by atoms with E-state index in [1.54, 1.807) is 6.20 Å². The van der Waals surface area contributed by atoms with E-state index >= 15 is 0 Å². The Hall–Kier alpha value is -0.930. The number of ether oxygens (including phenoxy) is 1. The molecule has 1 aliphatic heterocycles. The van der Waals surface area contributed by atoms with E-state index in [1.165, 1.54) is 0 Å². The molecular weight excluding hydrogens is 188 g/mol. The van der Waals surface area contributed by atoms with Crippen LogP contribution >= 0.6 is 0 Å². The highest BCUT2D eigenvalue weighted by atomic mass is 16.5. The summed E-state index contributed by atoms with van der Waals surface area (Å²) in [6.45, 7) is 6.63. The molecule has 1 saturated heterocycles. The molecule has 1 aromatic heterocycles. The topological polar surface area (TPSA) is 48.1 Å². The van der Waals surface area contributed by atoms with Gasteiger partial charge in [0, 0.05) is 25.4 Å². The molecule has 2 unspecified atom stereocenters. The van der Waals surface area contributed by atoms with Gasteiger partial charge >= 0.3 is 0 Å². The van der Waals surface area contributed by atoms with Crippen LogP contribution in [0.1, 0.15) is 38.9 Å². The van der Waals surface area contributed by atoms with E-state index in [2.05, 4.69) is 4.98 Å². The molecule has 2 atom stereocenters. The highest BCUT2D eigenvalue weighted by molar-refractivity contribution is 5.16. The largest absolute Gasteiger partial charge is 0.366 e. The SMILES string of the molecule is CC.CC1(CN)CC(c2cccnc2)O1. The lowest BCUT2D eigenvalue weighted by atomic mass is 9.88. The standard InChI is InChI=1S/C10H14N2O.C2H6/c1-10(7-11)5-9(13-10)8-3-2-4-12-6-8;1-2/h2-4,6,9H,5,7,11H2,1H3;1-2H3. The van der Waals surface area contributed by atoms with Gasteiger partial charge in [-0.3, -0.25) is 4.98 Å². The Labute approximate surface area is 91.7 Å². The molecule has 1 aromatic rings. The fourth-order valence-corrected chi connectivity index (χ4v) is 1.61. The maximum atomic E-state index is 5.70. The molecule has 0 spiro atoms. The number of nitrogens with zero attached hydrogens (tertiary/aromatic N) is 1. The van der Waals surface area contributed by atoms with Crippen LogP contribution in [-0.2, 0) is 4.74 Å². The minimum absolute atomic E-state index is 0.111. The summed E-state index contributed by atoms with van der Waals surface area (Å²) in [5.74, 6) is 0. The monoisotopic (exact) mass is 208 g/mol. The molecule has 84 valence electrons. The van der Waals surface area contributed by atoms with Crippen LogP contribution in [0, 0.1) is 0 Å². The normalized spacial score (nSPS) is 28.7. The van der Waals surface area contributed by atoms with Gasteiger partial charge in [-0.15, -0.1) is 0 Å². The third-order valence-electron chi connectivity index (χ3n) is 2.53. The molecule has 0 radical (unpaired) electrons. The molecule has 3 heteroatoms. The molecule has 2 rings (SSSR count). The van der Waals surface area contributed by atoms with E-state index in [1.807, 2.05) is 39.1 Å². The van der Waals surface area contributed by atoms with Crippen molar-refractivity contribution in [2.75, 3.05) is 6.54 Å². The minimum atomic E-state index is -0.111. The smallest absolute Gasteiger partial charge is 0.0875 e. The van der Waals surface area contributed by atoms with E-state index in [4.69, 9.17) is 10.5 Å². The maximum Gasteiger partial charge on any atom is 0.0875 e. The van der Waals surface area contributed by atoms with Gasteiger partial charge in [0.25, 0.3) is 0 Å². The lowest BCUT2D eigenvalue weighted by molar-refractivity contribution is -0.192. The maximum absolute atomic E-state index is 5.70. The number of nitrogens with two attached hydrogens (primary N) is 1. The van der Waals surface area contributed by atoms with Gasteiger partial charge in [0.15, 0.2) is 0 Å². The van der Waals surface area contributed by atoms with Gasteiger partial charge in [-0.1, -0.05) is 19.9 Å². The van der Waals surface area contributed by atoms with Gasteiger partial charge in [-0.05, 0) is 18.6 Å². The van der Waals surface area contributed by atoms with Crippen molar-refractivity contribution in [1.82, 2.24) is 4.98 Å². The Morgan fingerprint density at radius 2 is 2.27 bits per heavy atom. The van der Waals surface area contributed by atoms with Crippen molar-refractivity contribution in [3.05, 3.63) is 30.1 Å². The predicted molar refractivity (Wildman–Crippen MR) is 61.5 cm³/mol. The van der Waals surface area contributed by atoms with Crippen LogP contribution in [0.2, 0.25) is 0 Å². The van der Waals surface area contributed by atoms with Crippen LogP contribution in [0.25, 0.3) is 0 Å². The molecule has 3 nitrogen and oxygen atoms in total. The molecule has 0 saturated carbocycles. The second-order valence-corrected chi connectivity index (χ2v) is 3.75. The van der Waals surface area contributed by atoms with Gasteiger partial charge in [-0.25, -0.2) is 0 Å². The van der Waals surface area contributed by atoms with Crippen LogP contribution in [0.4, 0.5) is 0 Å². The lowest BCUT2D eigenvalue weighted by Crippen LogP contribution is -2.48. The third kappa shape index (κ3) is 2.76. The first-order chi connectivity index (χ1) is 7.23. The molecule has 15 heavy (non-hydrogen) atoms. The summed E-state index contributed by atoms with van der Waals surface area (Å²) in [5, 5.41) is 0. The van der Waals surface area contributed by atoms with E-state index < -0.39 is 0 Å². The number of aromatic nitrogens is 1. The minimum Gasteiger partial charge on any atom is -0.366 e. The highest BCUT2D eigenvalue weighted by Crippen LogP contribution is 2.41. The van der Waals surface area contributed by atoms with Crippen molar-refractivity contribution >= 4 is 0 Å². The molecule has 2 N–H and O–H groups in total. The second kappa shape index (κ2) is 5.24. The number of pyridine rings is 1. The molecule has 0 bridgehead atoms.